The number of nitrogens with two attached hydrogens (primary N) is 1. The molecule has 194 valence electrons. The number of aliphatic hydroxyl groups is 1. The number of Topliss-reactive ketones (excluding diaryl/α,β-unsaturated/α-hetero) is 1. The average molecular weight is 498 g/mol. The van der Waals surface area contributed by atoms with E-state index >= 15 is 0 Å². The summed E-state index contributed by atoms with van der Waals surface area (Å²) in [5.74, 6) is -2.32. The second kappa shape index (κ2) is 10.5. The third kappa shape index (κ3) is 4.83. The minimum atomic E-state index is -0.725. The number of aryl methyl sites for hydroxylation is 1. The molecule has 2 aliphatic rings. The molecule has 1 aromatic carbocycles. The van der Waals surface area contributed by atoms with Gasteiger partial charge in [-0.3, -0.25) is 14.4 Å². The summed E-state index contributed by atoms with van der Waals surface area (Å²) >= 11 is 0. The molecule has 0 unspecified atom stereocenters. The van der Waals surface area contributed by atoms with E-state index in [9.17, 15) is 23.9 Å². The quantitative estimate of drug-likeness (QED) is 0.454. The van der Waals surface area contributed by atoms with Crippen molar-refractivity contribution < 1.29 is 23.9 Å². The Morgan fingerprint density at radius 1 is 1.03 bits per heavy atom. The average Bonchev–Trinajstić information content (AvgIpc) is 3.12. The van der Waals surface area contributed by atoms with Crippen molar-refractivity contribution in [3.05, 3.63) is 52.1 Å². The van der Waals surface area contributed by atoms with E-state index < -0.39 is 29.5 Å². The molecule has 3 N–H and O–H groups in total. The molecule has 2 amide bonds. The van der Waals surface area contributed by atoms with Crippen LogP contribution in [-0.4, -0.2) is 39.4 Å². The van der Waals surface area contributed by atoms with Gasteiger partial charge >= 0.3 is 5.91 Å². The SMILES string of the molecule is Cc1cc(N(C(=O)C(=O)c2c(C)c(C(N)=O)c(C3CCCCC3)n2C)C2CCC(O)CC2)ccc1F. The first-order valence-electron chi connectivity index (χ1n) is 12.9. The van der Waals surface area contributed by atoms with Gasteiger partial charge in [-0.15, -0.1) is 0 Å². The van der Waals surface area contributed by atoms with Gasteiger partial charge < -0.3 is 20.3 Å². The van der Waals surface area contributed by atoms with Gasteiger partial charge in [-0.05, 0) is 81.7 Å². The fraction of sp³-hybridized carbons (Fsp3) is 0.536. The Morgan fingerprint density at radius 2 is 1.67 bits per heavy atom. The van der Waals surface area contributed by atoms with E-state index in [0.717, 1.165) is 37.8 Å². The highest BCUT2D eigenvalue weighted by Gasteiger charge is 2.37. The predicted molar refractivity (Wildman–Crippen MR) is 136 cm³/mol. The van der Waals surface area contributed by atoms with Crippen LogP contribution in [0.4, 0.5) is 10.1 Å². The summed E-state index contributed by atoms with van der Waals surface area (Å²) in [4.78, 5) is 41.7. The number of hydrogen-bond donors (Lipinski definition) is 2. The van der Waals surface area contributed by atoms with Crippen molar-refractivity contribution in [1.82, 2.24) is 4.57 Å². The molecular formula is C28H36FN3O4. The second-order valence-corrected chi connectivity index (χ2v) is 10.4. The molecule has 2 aromatic rings. The van der Waals surface area contributed by atoms with Crippen LogP contribution in [0, 0.1) is 19.7 Å². The number of benzene rings is 1. The molecule has 2 aliphatic carbocycles. The third-order valence-corrected chi connectivity index (χ3v) is 8.00. The summed E-state index contributed by atoms with van der Waals surface area (Å²) < 4.78 is 15.7. The van der Waals surface area contributed by atoms with Crippen molar-refractivity contribution in [1.29, 1.82) is 0 Å². The van der Waals surface area contributed by atoms with E-state index in [0.29, 0.717) is 48.1 Å². The number of aliphatic hydroxyl groups excluding tert-OH is 1. The van der Waals surface area contributed by atoms with Crippen LogP contribution in [0.3, 0.4) is 0 Å². The topological polar surface area (TPSA) is 106 Å². The van der Waals surface area contributed by atoms with Crippen molar-refractivity contribution >= 4 is 23.3 Å². The number of primary amides is 1. The lowest BCUT2D eigenvalue weighted by Crippen LogP contribution is -2.47. The Morgan fingerprint density at radius 3 is 2.25 bits per heavy atom. The van der Waals surface area contributed by atoms with Gasteiger partial charge in [0.05, 0.1) is 17.4 Å². The minimum absolute atomic E-state index is 0.109. The predicted octanol–water partition coefficient (Wildman–Crippen LogP) is 4.45. The maximum Gasteiger partial charge on any atom is 0.301 e. The molecule has 8 heteroatoms. The van der Waals surface area contributed by atoms with Crippen molar-refractivity contribution in [2.24, 2.45) is 12.8 Å². The summed E-state index contributed by atoms with van der Waals surface area (Å²) in [6.07, 6.45) is 6.70. The highest BCUT2D eigenvalue weighted by Crippen LogP contribution is 2.38. The number of halogens is 1. The van der Waals surface area contributed by atoms with E-state index in [1.165, 1.54) is 17.0 Å². The fourth-order valence-electron chi connectivity index (χ4n) is 6.14. The summed E-state index contributed by atoms with van der Waals surface area (Å²) in [6, 6.07) is 4.08. The van der Waals surface area contributed by atoms with Crippen LogP contribution < -0.4 is 10.6 Å². The second-order valence-electron chi connectivity index (χ2n) is 10.4. The number of carbonyl (C=O) groups is 3. The molecule has 2 saturated carbocycles. The lowest BCUT2D eigenvalue weighted by Gasteiger charge is -2.35. The first kappa shape index (κ1) is 26.1. The summed E-state index contributed by atoms with van der Waals surface area (Å²) in [7, 11) is 1.73. The van der Waals surface area contributed by atoms with Crippen molar-refractivity contribution in [3.63, 3.8) is 0 Å². The number of hydrogen-bond acceptors (Lipinski definition) is 4. The number of nitrogens with zero attached hydrogens (tertiary/aromatic N) is 2. The van der Waals surface area contributed by atoms with Gasteiger partial charge in [-0.2, -0.15) is 0 Å². The largest absolute Gasteiger partial charge is 0.393 e. The van der Waals surface area contributed by atoms with Crippen LogP contribution >= 0.6 is 0 Å². The lowest BCUT2D eigenvalue weighted by atomic mass is 9.85. The smallest absolute Gasteiger partial charge is 0.301 e. The lowest BCUT2D eigenvalue weighted by molar-refractivity contribution is -0.115. The van der Waals surface area contributed by atoms with Crippen LogP contribution in [0.1, 0.15) is 101 Å². The number of carbonyl (C=O) groups excluding carboxylic acids is 3. The molecule has 36 heavy (non-hydrogen) atoms. The Bertz CT molecular complexity index is 1170. The van der Waals surface area contributed by atoms with Gasteiger partial charge in [0.1, 0.15) is 5.82 Å². The first-order chi connectivity index (χ1) is 17.1. The van der Waals surface area contributed by atoms with Gasteiger partial charge in [0.15, 0.2) is 0 Å². The number of aromatic nitrogens is 1. The van der Waals surface area contributed by atoms with E-state index in [1.54, 1.807) is 31.5 Å². The zero-order valence-corrected chi connectivity index (χ0v) is 21.3. The highest BCUT2D eigenvalue weighted by atomic mass is 19.1. The maximum absolute atomic E-state index is 14.0. The van der Waals surface area contributed by atoms with E-state index in [-0.39, 0.29) is 17.7 Å². The Hall–Kier alpha value is -3.00. The standard InChI is InChI=1S/C28H36FN3O4/c1-16-15-20(11-14-22(16)29)32(19-9-12-21(33)13-10-19)28(36)26(34)24-17(2)23(27(30)35)25(31(24)3)18-7-5-4-6-8-18/h11,14-15,18-19,21,33H,4-10,12-13H2,1-3H3,(H2,30,35). The monoisotopic (exact) mass is 497 g/mol. The zero-order valence-electron chi connectivity index (χ0n) is 21.3. The first-order valence-corrected chi connectivity index (χ1v) is 12.9. The molecule has 0 spiro atoms. The molecule has 0 aliphatic heterocycles. The van der Waals surface area contributed by atoms with Gasteiger partial charge in [0.25, 0.3) is 11.7 Å². The molecule has 4 rings (SSSR count). The van der Waals surface area contributed by atoms with Gasteiger partial charge in [-0.1, -0.05) is 19.3 Å². The van der Waals surface area contributed by atoms with Gasteiger partial charge in [0, 0.05) is 30.4 Å². The van der Waals surface area contributed by atoms with Gasteiger partial charge in [0.2, 0.25) is 0 Å². The molecule has 0 radical (unpaired) electrons. The summed E-state index contributed by atoms with van der Waals surface area (Å²) in [6.45, 7) is 3.29. The Kier molecular flexibility index (Phi) is 7.64. The van der Waals surface area contributed by atoms with Crippen LogP contribution in [0.15, 0.2) is 18.2 Å². The van der Waals surface area contributed by atoms with Crippen LogP contribution in [0.5, 0.6) is 0 Å². The van der Waals surface area contributed by atoms with Crippen molar-refractivity contribution in [2.75, 3.05) is 4.90 Å². The van der Waals surface area contributed by atoms with E-state index in [4.69, 9.17) is 5.73 Å². The van der Waals surface area contributed by atoms with Crippen LogP contribution in [-0.2, 0) is 11.8 Å². The van der Waals surface area contributed by atoms with E-state index in [1.807, 2.05) is 0 Å². The minimum Gasteiger partial charge on any atom is -0.393 e. The Labute approximate surface area is 211 Å². The Balaban J connectivity index is 1.77. The zero-order chi connectivity index (χ0) is 26.1. The van der Waals surface area contributed by atoms with Crippen LogP contribution in [0.2, 0.25) is 0 Å². The summed E-state index contributed by atoms with van der Waals surface area (Å²) in [5.41, 5.74) is 8.27. The third-order valence-electron chi connectivity index (χ3n) is 8.00. The normalized spacial score (nSPS) is 20.8. The molecule has 2 fully saturated rings. The van der Waals surface area contributed by atoms with Crippen LogP contribution in [0.25, 0.3) is 0 Å². The molecule has 1 aromatic heterocycles. The van der Waals surface area contributed by atoms with Gasteiger partial charge in [-0.25, -0.2) is 4.39 Å². The number of ketones is 1. The number of anilines is 1. The molecule has 7 nitrogen and oxygen atoms in total. The number of amides is 2. The molecular weight excluding hydrogens is 461 g/mol. The fourth-order valence-corrected chi connectivity index (χ4v) is 6.14. The molecule has 0 saturated heterocycles. The molecule has 1 heterocycles. The molecule has 0 bridgehead atoms. The van der Waals surface area contributed by atoms with Crippen molar-refractivity contribution in [3.8, 4) is 0 Å². The molecule has 0 atom stereocenters. The highest BCUT2D eigenvalue weighted by molar-refractivity contribution is 6.47. The summed E-state index contributed by atoms with van der Waals surface area (Å²) in [5, 5.41) is 10.0. The maximum atomic E-state index is 14.0. The number of rotatable bonds is 6. The van der Waals surface area contributed by atoms with E-state index in [2.05, 4.69) is 0 Å². The van der Waals surface area contributed by atoms with Crippen molar-refractivity contribution in [2.45, 2.75) is 89.7 Å².